The minimum atomic E-state index is -0.596. The van der Waals surface area contributed by atoms with Gasteiger partial charge in [0.2, 0.25) is 0 Å². The van der Waals surface area contributed by atoms with Crippen molar-refractivity contribution >= 4 is 0 Å². The molecule has 1 heterocycles. The summed E-state index contributed by atoms with van der Waals surface area (Å²) in [4.78, 5) is 0. The van der Waals surface area contributed by atoms with Crippen LogP contribution in [0.5, 0.6) is 0 Å². The molecular formula is C22H34O5. The van der Waals surface area contributed by atoms with Crippen molar-refractivity contribution in [3.8, 4) is 0 Å². The summed E-state index contributed by atoms with van der Waals surface area (Å²) in [5.74, 6) is -0.529. The van der Waals surface area contributed by atoms with E-state index in [1.54, 1.807) is 0 Å². The third-order valence-electron chi connectivity index (χ3n) is 5.60. The molecule has 0 radical (unpaired) electrons. The fourth-order valence-corrected chi connectivity index (χ4v) is 4.21. The molecule has 27 heavy (non-hydrogen) atoms. The quantitative estimate of drug-likeness (QED) is 0.666. The Morgan fingerprint density at radius 2 is 2.00 bits per heavy atom. The van der Waals surface area contributed by atoms with E-state index in [0.717, 1.165) is 25.0 Å². The molecule has 3 rings (SSSR count). The molecule has 1 aromatic carbocycles. The van der Waals surface area contributed by atoms with Crippen LogP contribution >= 0.6 is 0 Å². The molecule has 0 spiro atoms. The molecule has 1 aliphatic heterocycles. The monoisotopic (exact) mass is 378 g/mol. The lowest BCUT2D eigenvalue weighted by Crippen LogP contribution is -2.38. The number of unbranched alkanes of at least 4 members (excludes halogenated alkanes) is 1. The third kappa shape index (κ3) is 5.52. The first kappa shape index (κ1) is 20.7. The Morgan fingerprint density at radius 3 is 2.67 bits per heavy atom. The average Bonchev–Trinajstić information content (AvgIpc) is 3.15. The molecule has 1 saturated heterocycles. The molecule has 5 atom stereocenters. The molecule has 1 aliphatic carbocycles. The van der Waals surface area contributed by atoms with E-state index in [0.29, 0.717) is 26.2 Å². The van der Waals surface area contributed by atoms with Crippen LogP contribution in [-0.2, 0) is 25.6 Å². The molecule has 1 saturated carbocycles. The van der Waals surface area contributed by atoms with Gasteiger partial charge in [-0.15, -0.1) is 0 Å². The molecule has 2 unspecified atom stereocenters. The van der Waals surface area contributed by atoms with E-state index in [1.807, 2.05) is 32.0 Å². The molecule has 0 aromatic heterocycles. The number of aliphatic hydroxyl groups excluding tert-OH is 1. The zero-order valence-corrected chi connectivity index (χ0v) is 16.8. The van der Waals surface area contributed by atoms with Gasteiger partial charge in [0.05, 0.1) is 38.1 Å². The third-order valence-corrected chi connectivity index (χ3v) is 5.60. The predicted octanol–water partition coefficient (Wildman–Crippen LogP) is 3.54. The van der Waals surface area contributed by atoms with Gasteiger partial charge in [0.1, 0.15) is 0 Å². The van der Waals surface area contributed by atoms with Gasteiger partial charge in [0.15, 0.2) is 5.79 Å². The second kappa shape index (κ2) is 9.48. The molecular weight excluding hydrogens is 344 g/mol. The Morgan fingerprint density at radius 1 is 1.22 bits per heavy atom. The first-order valence-electron chi connectivity index (χ1n) is 10.2. The van der Waals surface area contributed by atoms with Gasteiger partial charge >= 0.3 is 0 Å². The summed E-state index contributed by atoms with van der Waals surface area (Å²) < 4.78 is 24.0. The number of benzene rings is 1. The van der Waals surface area contributed by atoms with Gasteiger partial charge in [0, 0.05) is 24.9 Å². The second-order valence-electron chi connectivity index (χ2n) is 8.17. The van der Waals surface area contributed by atoms with Crippen molar-refractivity contribution < 1.29 is 24.1 Å². The number of rotatable bonds is 9. The van der Waals surface area contributed by atoms with Gasteiger partial charge in [-0.3, -0.25) is 0 Å². The number of hydrogen-bond donors (Lipinski definition) is 1. The van der Waals surface area contributed by atoms with E-state index in [4.69, 9.17) is 18.9 Å². The van der Waals surface area contributed by atoms with Crippen LogP contribution in [0.15, 0.2) is 30.3 Å². The topological polar surface area (TPSA) is 57.2 Å². The number of aliphatic hydroxyl groups is 1. The molecule has 1 N–H and O–H groups in total. The fraction of sp³-hybridized carbons (Fsp3) is 0.727. The number of ether oxygens (including phenoxy) is 4. The van der Waals surface area contributed by atoms with E-state index in [-0.39, 0.29) is 24.0 Å². The van der Waals surface area contributed by atoms with Crippen LogP contribution in [0.25, 0.3) is 0 Å². The fourth-order valence-electron chi connectivity index (χ4n) is 4.21. The van der Waals surface area contributed by atoms with Crippen LogP contribution < -0.4 is 0 Å². The zero-order chi connectivity index (χ0) is 19.3. The van der Waals surface area contributed by atoms with Gasteiger partial charge in [-0.25, -0.2) is 0 Å². The van der Waals surface area contributed by atoms with Crippen molar-refractivity contribution in [1.29, 1.82) is 0 Å². The Bertz CT molecular complexity index is 561. The van der Waals surface area contributed by atoms with E-state index < -0.39 is 11.9 Å². The summed E-state index contributed by atoms with van der Waals surface area (Å²) in [5.41, 5.74) is 1.15. The van der Waals surface area contributed by atoms with Crippen LogP contribution in [-0.4, -0.2) is 49.0 Å². The van der Waals surface area contributed by atoms with Crippen LogP contribution in [0.4, 0.5) is 0 Å². The minimum Gasteiger partial charge on any atom is -0.393 e. The Balaban J connectivity index is 1.64. The van der Waals surface area contributed by atoms with Crippen LogP contribution in [0.1, 0.15) is 45.6 Å². The largest absolute Gasteiger partial charge is 0.393 e. The van der Waals surface area contributed by atoms with Crippen molar-refractivity contribution in [2.75, 3.05) is 19.8 Å². The molecule has 1 aromatic rings. The highest BCUT2D eigenvalue weighted by atomic mass is 16.7. The second-order valence-corrected chi connectivity index (χ2v) is 8.17. The Hall–Kier alpha value is -0.980. The van der Waals surface area contributed by atoms with Gasteiger partial charge < -0.3 is 24.1 Å². The summed E-state index contributed by atoms with van der Waals surface area (Å²) in [5, 5.41) is 10.8. The number of hydrogen-bond acceptors (Lipinski definition) is 5. The first-order chi connectivity index (χ1) is 13.0. The molecule has 5 nitrogen and oxygen atoms in total. The predicted molar refractivity (Wildman–Crippen MR) is 103 cm³/mol. The SMILES string of the molecule is CCCCO[C@H]1CC(O)[C@@H](C2COC(C)(C)O2)[C@@H]1COCc1ccccc1. The summed E-state index contributed by atoms with van der Waals surface area (Å²) in [7, 11) is 0. The van der Waals surface area contributed by atoms with Crippen molar-refractivity contribution in [1.82, 2.24) is 0 Å². The maximum Gasteiger partial charge on any atom is 0.163 e. The lowest BCUT2D eigenvalue weighted by Gasteiger charge is -2.29. The van der Waals surface area contributed by atoms with Crippen LogP contribution in [0.2, 0.25) is 0 Å². The molecule has 152 valence electrons. The van der Waals surface area contributed by atoms with Crippen molar-refractivity contribution in [3.63, 3.8) is 0 Å². The molecule has 2 fully saturated rings. The Labute approximate surface area is 163 Å². The standard InChI is InChI=1S/C22H34O5/c1-4-5-11-25-19-12-18(23)21(20-15-26-22(2,3)27-20)17(19)14-24-13-16-9-7-6-8-10-16/h6-10,17-21,23H,4-5,11-15H2,1-3H3/t17-,18?,19+,20?,21+/m1/s1. The lowest BCUT2D eigenvalue weighted by molar-refractivity contribution is -0.153. The smallest absolute Gasteiger partial charge is 0.163 e. The maximum atomic E-state index is 10.8. The van der Waals surface area contributed by atoms with Crippen molar-refractivity contribution in [3.05, 3.63) is 35.9 Å². The molecule has 2 aliphatic rings. The van der Waals surface area contributed by atoms with Crippen molar-refractivity contribution in [2.24, 2.45) is 11.8 Å². The first-order valence-corrected chi connectivity index (χ1v) is 10.2. The zero-order valence-electron chi connectivity index (χ0n) is 16.8. The van der Waals surface area contributed by atoms with Crippen LogP contribution in [0.3, 0.4) is 0 Å². The lowest BCUT2D eigenvalue weighted by atomic mass is 9.89. The van der Waals surface area contributed by atoms with E-state index in [9.17, 15) is 5.11 Å². The van der Waals surface area contributed by atoms with Crippen molar-refractivity contribution in [2.45, 2.75) is 70.7 Å². The maximum absolute atomic E-state index is 10.8. The highest BCUT2D eigenvalue weighted by Crippen LogP contribution is 2.41. The van der Waals surface area contributed by atoms with E-state index in [2.05, 4.69) is 19.1 Å². The Kier molecular flexibility index (Phi) is 7.29. The average molecular weight is 379 g/mol. The molecule has 5 heteroatoms. The summed E-state index contributed by atoms with van der Waals surface area (Å²) in [6, 6.07) is 10.2. The van der Waals surface area contributed by atoms with Gasteiger partial charge in [-0.05, 0) is 25.8 Å². The summed E-state index contributed by atoms with van der Waals surface area (Å²) in [6.07, 6.45) is 2.19. The minimum absolute atomic E-state index is 0.000337. The highest BCUT2D eigenvalue weighted by molar-refractivity contribution is 5.13. The van der Waals surface area contributed by atoms with Gasteiger partial charge in [-0.1, -0.05) is 43.7 Å². The molecule has 0 bridgehead atoms. The normalized spacial score (nSPS) is 32.8. The van der Waals surface area contributed by atoms with E-state index in [1.165, 1.54) is 0 Å². The summed E-state index contributed by atoms with van der Waals surface area (Å²) >= 11 is 0. The summed E-state index contributed by atoms with van der Waals surface area (Å²) in [6.45, 7) is 8.34. The van der Waals surface area contributed by atoms with Gasteiger partial charge in [0.25, 0.3) is 0 Å². The van der Waals surface area contributed by atoms with Crippen LogP contribution in [0, 0.1) is 11.8 Å². The van der Waals surface area contributed by atoms with Gasteiger partial charge in [-0.2, -0.15) is 0 Å². The molecule has 0 amide bonds. The highest BCUT2D eigenvalue weighted by Gasteiger charge is 2.51. The van der Waals surface area contributed by atoms with E-state index >= 15 is 0 Å².